The summed E-state index contributed by atoms with van der Waals surface area (Å²) in [5, 5.41) is 19.7. The maximum atomic E-state index is 12.0. The number of nitrogens with zero attached hydrogens (tertiary/aromatic N) is 3. The van der Waals surface area contributed by atoms with E-state index >= 15 is 0 Å². The van der Waals surface area contributed by atoms with Crippen LogP contribution in [0.25, 0.3) is 16.9 Å². The van der Waals surface area contributed by atoms with Gasteiger partial charge in [0.05, 0.1) is 11.4 Å². The van der Waals surface area contributed by atoms with Gasteiger partial charge in [0.25, 0.3) is 0 Å². The Morgan fingerprint density at radius 3 is 2.48 bits per heavy atom. The van der Waals surface area contributed by atoms with Crippen LogP contribution in [-0.4, -0.2) is 41.4 Å². The standard InChI is InChI=1S/C19H15ClN4O4S/c1-23(26)19(25)11-10-15-12-17(13-6-8-14(20)9-7-13)24(22-15)16-4-2-3-5-18(16)29(21,27)28/h2-9,12,26H,1H3,(H2,21,27,28). The van der Waals surface area contributed by atoms with Crippen molar-refractivity contribution in [3.05, 3.63) is 65.3 Å². The third-order valence-electron chi connectivity index (χ3n) is 3.84. The van der Waals surface area contributed by atoms with E-state index in [4.69, 9.17) is 21.9 Å². The molecule has 0 bridgehead atoms. The molecule has 0 atom stereocenters. The van der Waals surface area contributed by atoms with E-state index in [1.54, 1.807) is 48.5 Å². The number of halogens is 1. The number of aromatic nitrogens is 2. The van der Waals surface area contributed by atoms with Gasteiger partial charge in [0.15, 0.2) is 0 Å². The topological polar surface area (TPSA) is 119 Å². The molecule has 8 nitrogen and oxygen atoms in total. The average molecular weight is 431 g/mol. The van der Waals surface area contributed by atoms with Crippen molar-refractivity contribution in [1.29, 1.82) is 0 Å². The summed E-state index contributed by atoms with van der Waals surface area (Å²) in [5.74, 6) is 3.98. The molecule has 0 fully saturated rings. The van der Waals surface area contributed by atoms with Crippen molar-refractivity contribution < 1.29 is 18.4 Å². The molecule has 0 unspecified atom stereocenters. The summed E-state index contributed by atoms with van der Waals surface area (Å²) < 4.78 is 25.4. The highest BCUT2D eigenvalue weighted by molar-refractivity contribution is 7.89. The summed E-state index contributed by atoms with van der Waals surface area (Å²) in [6.07, 6.45) is 0. The molecule has 0 aliphatic carbocycles. The van der Waals surface area contributed by atoms with E-state index in [2.05, 4.69) is 16.9 Å². The lowest BCUT2D eigenvalue weighted by Crippen LogP contribution is -2.20. The van der Waals surface area contributed by atoms with E-state index in [-0.39, 0.29) is 16.3 Å². The molecule has 29 heavy (non-hydrogen) atoms. The molecule has 0 saturated heterocycles. The van der Waals surface area contributed by atoms with Gasteiger partial charge in [-0.1, -0.05) is 35.9 Å². The number of hydrogen-bond donors (Lipinski definition) is 2. The number of carbonyl (C=O) groups excluding carboxylic acids is 1. The summed E-state index contributed by atoms with van der Waals surface area (Å²) in [5.41, 5.74) is 1.60. The third-order valence-corrected chi connectivity index (χ3v) is 5.05. The second-order valence-electron chi connectivity index (χ2n) is 5.93. The monoisotopic (exact) mass is 430 g/mol. The number of benzene rings is 2. The first-order valence-electron chi connectivity index (χ1n) is 8.13. The maximum Gasteiger partial charge on any atom is 0.322 e. The van der Waals surface area contributed by atoms with E-state index in [1.807, 2.05) is 0 Å². The number of hydroxylamine groups is 2. The van der Waals surface area contributed by atoms with E-state index < -0.39 is 15.9 Å². The first-order chi connectivity index (χ1) is 13.7. The molecule has 0 aliphatic rings. The van der Waals surface area contributed by atoms with Crippen LogP contribution in [0.5, 0.6) is 0 Å². The third kappa shape index (κ3) is 4.64. The van der Waals surface area contributed by atoms with Crippen molar-refractivity contribution in [2.75, 3.05) is 7.05 Å². The van der Waals surface area contributed by atoms with E-state index in [0.717, 1.165) is 7.05 Å². The molecule has 1 amide bonds. The Kier molecular flexibility index (Phi) is 5.72. The van der Waals surface area contributed by atoms with Crippen LogP contribution in [0.3, 0.4) is 0 Å². The van der Waals surface area contributed by atoms with Gasteiger partial charge in [-0.05, 0) is 30.2 Å². The van der Waals surface area contributed by atoms with Crippen LogP contribution in [0.4, 0.5) is 0 Å². The minimum atomic E-state index is -4.03. The average Bonchev–Trinajstić information content (AvgIpc) is 3.10. The van der Waals surface area contributed by atoms with Crippen LogP contribution in [0.2, 0.25) is 5.02 Å². The zero-order valence-electron chi connectivity index (χ0n) is 15.1. The number of carbonyl (C=O) groups is 1. The highest BCUT2D eigenvalue weighted by Gasteiger charge is 2.19. The summed E-state index contributed by atoms with van der Waals surface area (Å²) in [4.78, 5) is 11.4. The fraction of sp³-hybridized carbons (Fsp3) is 0.0526. The Morgan fingerprint density at radius 1 is 1.21 bits per heavy atom. The van der Waals surface area contributed by atoms with Gasteiger partial charge in [-0.15, -0.1) is 0 Å². The van der Waals surface area contributed by atoms with Crippen LogP contribution in [0, 0.1) is 11.8 Å². The predicted octanol–water partition coefficient (Wildman–Crippen LogP) is 2.04. The molecule has 3 aromatic rings. The van der Waals surface area contributed by atoms with Crippen molar-refractivity contribution in [2.24, 2.45) is 5.14 Å². The lowest BCUT2D eigenvalue weighted by molar-refractivity contribution is -0.152. The van der Waals surface area contributed by atoms with Crippen molar-refractivity contribution in [2.45, 2.75) is 4.90 Å². The normalized spacial score (nSPS) is 10.9. The fourth-order valence-corrected chi connectivity index (χ4v) is 3.36. The Hall–Kier alpha value is -3.16. The number of nitrogens with two attached hydrogens (primary N) is 1. The number of rotatable bonds is 3. The molecule has 3 N–H and O–H groups in total. The maximum absolute atomic E-state index is 12.0. The highest BCUT2D eigenvalue weighted by Crippen LogP contribution is 2.28. The molecule has 1 aromatic heterocycles. The Morgan fingerprint density at radius 2 is 1.86 bits per heavy atom. The number of hydrogen-bond acceptors (Lipinski definition) is 5. The van der Waals surface area contributed by atoms with Gasteiger partial charge in [-0.3, -0.25) is 10.0 Å². The van der Waals surface area contributed by atoms with Crippen molar-refractivity contribution in [3.63, 3.8) is 0 Å². The molecule has 0 radical (unpaired) electrons. The molecule has 2 aromatic carbocycles. The van der Waals surface area contributed by atoms with Gasteiger partial charge in [-0.25, -0.2) is 23.3 Å². The molecule has 1 heterocycles. The summed E-state index contributed by atoms with van der Waals surface area (Å²) >= 11 is 5.95. The molecular formula is C19H15ClN4O4S. The first kappa shape index (κ1) is 20.6. The Bertz CT molecular complexity index is 1240. The number of sulfonamides is 1. The minimum Gasteiger partial charge on any atom is -0.285 e. The van der Waals surface area contributed by atoms with Crippen LogP contribution in [-0.2, 0) is 14.8 Å². The van der Waals surface area contributed by atoms with E-state index in [9.17, 15) is 13.2 Å². The lowest BCUT2D eigenvalue weighted by Gasteiger charge is -2.11. The zero-order chi connectivity index (χ0) is 21.2. The van der Waals surface area contributed by atoms with Gasteiger partial charge < -0.3 is 0 Å². The van der Waals surface area contributed by atoms with Gasteiger partial charge in [0.2, 0.25) is 10.0 Å². The fourth-order valence-electron chi connectivity index (χ4n) is 2.52. The highest BCUT2D eigenvalue weighted by atomic mass is 35.5. The summed E-state index contributed by atoms with van der Waals surface area (Å²) in [6, 6.07) is 14.5. The molecular weight excluding hydrogens is 416 g/mol. The second kappa shape index (κ2) is 8.06. The molecule has 0 aliphatic heterocycles. The van der Waals surface area contributed by atoms with E-state index in [0.29, 0.717) is 21.3 Å². The van der Waals surface area contributed by atoms with Crippen molar-refractivity contribution >= 4 is 27.5 Å². The molecule has 3 rings (SSSR count). The van der Waals surface area contributed by atoms with E-state index in [1.165, 1.54) is 10.7 Å². The Balaban J connectivity index is 2.23. The van der Waals surface area contributed by atoms with Gasteiger partial charge >= 0.3 is 5.91 Å². The van der Waals surface area contributed by atoms with Crippen LogP contribution in [0.1, 0.15) is 5.69 Å². The van der Waals surface area contributed by atoms with Crippen molar-refractivity contribution in [1.82, 2.24) is 14.8 Å². The largest absolute Gasteiger partial charge is 0.322 e. The quantitative estimate of drug-likeness (QED) is 0.374. The zero-order valence-corrected chi connectivity index (χ0v) is 16.6. The van der Waals surface area contributed by atoms with Crippen LogP contribution in [0.15, 0.2) is 59.5 Å². The van der Waals surface area contributed by atoms with Gasteiger partial charge in [-0.2, -0.15) is 5.10 Å². The smallest absolute Gasteiger partial charge is 0.285 e. The molecule has 10 heteroatoms. The summed E-state index contributed by atoms with van der Waals surface area (Å²) in [6.45, 7) is 0. The van der Waals surface area contributed by atoms with Crippen LogP contribution < -0.4 is 5.14 Å². The first-order valence-corrected chi connectivity index (χ1v) is 10.1. The van der Waals surface area contributed by atoms with Crippen LogP contribution >= 0.6 is 11.6 Å². The SMILES string of the molecule is CN(O)C(=O)C#Cc1cc(-c2ccc(Cl)cc2)n(-c2ccccc2S(N)(=O)=O)n1. The van der Waals surface area contributed by atoms with Gasteiger partial charge in [0.1, 0.15) is 10.6 Å². The number of para-hydroxylation sites is 1. The number of amides is 1. The summed E-state index contributed by atoms with van der Waals surface area (Å²) in [7, 11) is -2.88. The predicted molar refractivity (Wildman–Crippen MR) is 107 cm³/mol. The number of primary sulfonamides is 1. The lowest BCUT2D eigenvalue weighted by atomic mass is 10.1. The minimum absolute atomic E-state index is 0.121. The molecule has 148 valence electrons. The Labute approximate surface area is 172 Å². The van der Waals surface area contributed by atoms with Crippen molar-refractivity contribution in [3.8, 4) is 28.8 Å². The molecule has 0 saturated carbocycles. The van der Waals surface area contributed by atoms with Gasteiger partial charge in [0, 0.05) is 29.6 Å². The molecule has 0 spiro atoms. The second-order valence-corrected chi connectivity index (χ2v) is 7.89.